The van der Waals surface area contributed by atoms with Crippen molar-refractivity contribution in [1.82, 2.24) is 15.5 Å². The van der Waals surface area contributed by atoms with Crippen LogP contribution in [-0.2, 0) is 9.53 Å². The number of amides is 1. The Balaban J connectivity index is 0.00000529. The molecule has 142 valence electrons. The third-order valence-electron chi connectivity index (χ3n) is 4.02. The summed E-state index contributed by atoms with van der Waals surface area (Å²) in [4.78, 5) is 17.7. The van der Waals surface area contributed by atoms with Crippen molar-refractivity contribution in [3.05, 3.63) is 0 Å². The number of nitrogens with zero attached hydrogens (tertiary/aromatic N) is 2. The zero-order valence-corrected chi connectivity index (χ0v) is 18.0. The lowest BCUT2D eigenvalue weighted by molar-refractivity contribution is -0.127. The normalized spacial score (nSPS) is 18.7. The molecule has 0 aromatic heterocycles. The summed E-state index contributed by atoms with van der Waals surface area (Å²) < 4.78 is 5.63. The Bertz CT molecular complexity index is 372. The second-order valence-electron chi connectivity index (χ2n) is 6.51. The summed E-state index contributed by atoms with van der Waals surface area (Å²) in [5.41, 5.74) is 0. The number of aliphatic imine (C=N–C) groups is 1. The standard InChI is InChI=1S/C17H34N4O2.HI/c1-5-6-7-9-14(2)20-17(19-13-16(22)21(3)4)18-12-15-10-8-11-23-15;/h14-15H,5-13H2,1-4H3,(H2,18,19,20);1H. The predicted octanol–water partition coefficient (Wildman–Crippen LogP) is 2.38. The Morgan fingerprint density at radius 1 is 1.38 bits per heavy atom. The third-order valence-corrected chi connectivity index (χ3v) is 4.02. The van der Waals surface area contributed by atoms with E-state index in [0.717, 1.165) is 32.4 Å². The maximum atomic E-state index is 11.7. The summed E-state index contributed by atoms with van der Waals surface area (Å²) in [5.74, 6) is 0.710. The van der Waals surface area contributed by atoms with Crippen molar-refractivity contribution in [3.8, 4) is 0 Å². The van der Waals surface area contributed by atoms with Gasteiger partial charge in [0.2, 0.25) is 5.91 Å². The number of hydrogen-bond donors (Lipinski definition) is 2. The van der Waals surface area contributed by atoms with Crippen LogP contribution in [0.25, 0.3) is 0 Å². The average molecular weight is 454 g/mol. The van der Waals surface area contributed by atoms with Gasteiger partial charge in [0, 0.05) is 33.3 Å². The second kappa shape index (κ2) is 13.7. The van der Waals surface area contributed by atoms with Crippen LogP contribution in [0, 0.1) is 0 Å². The first-order valence-electron chi connectivity index (χ1n) is 8.89. The summed E-state index contributed by atoms with van der Waals surface area (Å²) in [5, 5.41) is 6.73. The van der Waals surface area contributed by atoms with Gasteiger partial charge in [0.1, 0.15) is 6.54 Å². The first-order chi connectivity index (χ1) is 11.0. The Kier molecular flexibility index (Phi) is 13.4. The van der Waals surface area contributed by atoms with Crippen molar-refractivity contribution < 1.29 is 9.53 Å². The minimum absolute atomic E-state index is 0. The molecule has 2 unspecified atom stereocenters. The fourth-order valence-corrected chi connectivity index (χ4v) is 2.46. The number of likely N-dealkylation sites (N-methyl/N-ethyl adjacent to an activating group) is 1. The minimum atomic E-state index is 0. The molecule has 0 aromatic carbocycles. The van der Waals surface area contributed by atoms with E-state index in [2.05, 4.69) is 29.5 Å². The van der Waals surface area contributed by atoms with Gasteiger partial charge in [-0.05, 0) is 26.2 Å². The Morgan fingerprint density at radius 2 is 2.12 bits per heavy atom. The molecule has 7 heteroatoms. The van der Waals surface area contributed by atoms with Crippen molar-refractivity contribution in [2.75, 3.05) is 33.8 Å². The maximum absolute atomic E-state index is 11.7. The number of carbonyl (C=O) groups excluding carboxylic acids is 1. The first-order valence-corrected chi connectivity index (χ1v) is 8.89. The highest BCUT2D eigenvalue weighted by Gasteiger charge is 2.16. The van der Waals surface area contributed by atoms with Crippen molar-refractivity contribution >= 4 is 35.8 Å². The maximum Gasteiger partial charge on any atom is 0.243 e. The van der Waals surface area contributed by atoms with Gasteiger partial charge in [0.25, 0.3) is 0 Å². The molecular formula is C17H35IN4O2. The zero-order valence-electron chi connectivity index (χ0n) is 15.6. The molecule has 24 heavy (non-hydrogen) atoms. The van der Waals surface area contributed by atoms with E-state index in [1.54, 1.807) is 19.0 Å². The topological polar surface area (TPSA) is 66.0 Å². The fraction of sp³-hybridized carbons (Fsp3) is 0.882. The SMILES string of the molecule is CCCCCC(C)NC(=NCC(=O)N(C)C)NCC1CCCO1.I. The lowest BCUT2D eigenvalue weighted by atomic mass is 10.1. The van der Waals surface area contributed by atoms with Crippen LogP contribution >= 0.6 is 24.0 Å². The van der Waals surface area contributed by atoms with Crippen molar-refractivity contribution in [2.24, 2.45) is 4.99 Å². The molecule has 0 aliphatic carbocycles. The van der Waals surface area contributed by atoms with E-state index >= 15 is 0 Å². The van der Waals surface area contributed by atoms with E-state index in [1.165, 1.54) is 19.3 Å². The molecule has 0 spiro atoms. The number of guanidine groups is 1. The van der Waals surface area contributed by atoms with Gasteiger partial charge in [-0.15, -0.1) is 24.0 Å². The summed E-state index contributed by atoms with van der Waals surface area (Å²) in [6.07, 6.45) is 7.25. The molecule has 0 radical (unpaired) electrons. The minimum Gasteiger partial charge on any atom is -0.376 e. The molecule has 1 fully saturated rings. The highest BCUT2D eigenvalue weighted by molar-refractivity contribution is 14.0. The van der Waals surface area contributed by atoms with Crippen molar-refractivity contribution in [2.45, 2.75) is 64.5 Å². The van der Waals surface area contributed by atoms with E-state index in [1.807, 2.05) is 0 Å². The molecule has 0 aromatic rings. The van der Waals surface area contributed by atoms with Gasteiger partial charge in [-0.3, -0.25) is 4.79 Å². The van der Waals surface area contributed by atoms with Crippen LogP contribution in [0.1, 0.15) is 52.4 Å². The van der Waals surface area contributed by atoms with E-state index in [0.29, 0.717) is 12.0 Å². The van der Waals surface area contributed by atoms with Crippen LogP contribution in [0.4, 0.5) is 0 Å². The van der Waals surface area contributed by atoms with Gasteiger partial charge in [-0.25, -0.2) is 4.99 Å². The lowest BCUT2D eigenvalue weighted by Crippen LogP contribution is -2.45. The molecular weight excluding hydrogens is 419 g/mol. The Labute approximate surface area is 164 Å². The average Bonchev–Trinajstić information content (AvgIpc) is 3.03. The quantitative estimate of drug-likeness (QED) is 0.243. The molecule has 1 aliphatic rings. The highest BCUT2D eigenvalue weighted by atomic mass is 127. The molecule has 0 bridgehead atoms. The third kappa shape index (κ3) is 10.3. The second-order valence-corrected chi connectivity index (χ2v) is 6.51. The summed E-state index contributed by atoms with van der Waals surface area (Å²) in [6, 6.07) is 0.340. The molecule has 2 atom stereocenters. The van der Waals surface area contributed by atoms with Crippen molar-refractivity contribution in [1.29, 1.82) is 0 Å². The molecule has 1 rings (SSSR count). The first kappa shape index (κ1) is 23.4. The number of hydrogen-bond acceptors (Lipinski definition) is 3. The molecule has 6 nitrogen and oxygen atoms in total. The van der Waals surface area contributed by atoms with Crippen LogP contribution in [0.2, 0.25) is 0 Å². The van der Waals surface area contributed by atoms with Crippen LogP contribution in [0.5, 0.6) is 0 Å². The Hall–Kier alpha value is -0.570. The van der Waals surface area contributed by atoms with Crippen molar-refractivity contribution in [3.63, 3.8) is 0 Å². The zero-order chi connectivity index (χ0) is 17.1. The summed E-state index contributed by atoms with van der Waals surface area (Å²) >= 11 is 0. The highest BCUT2D eigenvalue weighted by Crippen LogP contribution is 2.10. The Morgan fingerprint density at radius 3 is 2.71 bits per heavy atom. The molecule has 1 heterocycles. The number of rotatable bonds is 9. The smallest absolute Gasteiger partial charge is 0.243 e. The lowest BCUT2D eigenvalue weighted by Gasteiger charge is -2.20. The van der Waals surface area contributed by atoms with Gasteiger partial charge >= 0.3 is 0 Å². The number of ether oxygens (including phenoxy) is 1. The molecule has 1 amide bonds. The molecule has 2 N–H and O–H groups in total. The number of halogens is 1. The van der Waals surface area contributed by atoms with Gasteiger partial charge in [0.05, 0.1) is 6.10 Å². The van der Waals surface area contributed by atoms with E-state index in [4.69, 9.17) is 4.74 Å². The number of unbranched alkanes of at least 4 members (excludes halogenated alkanes) is 2. The van der Waals surface area contributed by atoms with Gasteiger partial charge < -0.3 is 20.3 Å². The van der Waals surface area contributed by atoms with E-state index in [9.17, 15) is 4.79 Å². The van der Waals surface area contributed by atoms with Gasteiger partial charge in [-0.1, -0.05) is 26.2 Å². The van der Waals surface area contributed by atoms with Crippen LogP contribution in [0.15, 0.2) is 4.99 Å². The van der Waals surface area contributed by atoms with Gasteiger partial charge in [-0.2, -0.15) is 0 Å². The summed E-state index contributed by atoms with van der Waals surface area (Å²) in [6.45, 7) is 6.12. The largest absolute Gasteiger partial charge is 0.376 e. The number of nitrogens with one attached hydrogen (secondary N) is 2. The summed E-state index contributed by atoms with van der Waals surface area (Å²) in [7, 11) is 3.50. The predicted molar refractivity (Wildman–Crippen MR) is 110 cm³/mol. The van der Waals surface area contributed by atoms with E-state index in [-0.39, 0.29) is 42.5 Å². The fourth-order valence-electron chi connectivity index (χ4n) is 2.46. The van der Waals surface area contributed by atoms with Crippen LogP contribution in [-0.4, -0.2) is 62.7 Å². The van der Waals surface area contributed by atoms with E-state index < -0.39 is 0 Å². The molecule has 0 saturated carbocycles. The molecule has 1 saturated heterocycles. The van der Waals surface area contributed by atoms with Gasteiger partial charge in [0.15, 0.2) is 5.96 Å². The molecule has 1 aliphatic heterocycles. The van der Waals surface area contributed by atoms with Crippen LogP contribution < -0.4 is 10.6 Å². The van der Waals surface area contributed by atoms with Crippen LogP contribution in [0.3, 0.4) is 0 Å². The monoisotopic (exact) mass is 454 g/mol. The number of carbonyl (C=O) groups is 1.